The van der Waals surface area contributed by atoms with Gasteiger partial charge in [-0.1, -0.05) is 39.5 Å². The topological polar surface area (TPSA) is 37.0 Å². The third-order valence-corrected chi connectivity index (χ3v) is 3.27. The maximum Gasteiger partial charge on any atom is 0.168 e. The van der Waals surface area contributed by atoms with Crippen molar-refractivity contribution < 1.29 is 8.78 Å². The van der Waals surface area contributed by atoms with Crippen molar-refractivity contribution in [2.24, 2.45) is 5.92 Å². The van der Waals surface area contributed by atoms with Crippen LogP contribution in [0.3, 0.4) is 0 Å². The van der Waals surface area contributed by atoms with Crippen LogP contribution in [0.4, 0.5) is 20.4 Å². The van der Waals surface area contributed by atoms with Crippen molar-refractivity contribution in [2.45, 2.75) is 52.9 Å². The summed E-state index contributed by atoms with van der Waals surface area (Å²) in [4.78, 5) is 3.95. The van der Waals surface area contributed by atoms with Crippen LogP contribution in [0.15, 0.2) is 6.07 Å². The Morgan fingerprint density at radius 3 is 2.24 bits per heavy atom. The molecule has 0 spiro atoms. The van der Waals surface area contributed by atoms with E-state index in [1.165, 1.54) is 19.3 Å². The minimum absolute atomic E-state index is 0.0957. The van der Waals surface area contributed by atoms with Gasteiger partial charge in [0, 0.05) is 19.2 Å². The van der Waals surface area contributed by atoms with Crippen molar-refractivity contribution >= 4 is 11.6 Å². The lowest BCUT2D eigenvalue weighted by Gasteiger charge is -2.10. The number of anilines is 2. The average Bonchev–Trinajstić information content (AvgIpc) is 2.42. The highest BCUT2D eigenvalue weighted by Gasteiger charge is 2.10. The number of nitrogens with zero attached hydrogens (tertiary/aromatic N) is 1. The summed E-state index contributed by atoms with van der Waals surface area (Å²) in [5.41, 5.74) is 0. The van der Waals surface area contributed by atoms with E-state index in [0.29, 0.717) is 13.1 Å². The van der Waals surface area contributed by atoms with Crippen LogP contribution in [0.1, 0.15) is 52.9 Å². The number of hydrogen-bond acceptors (Lipinski definition) is 3. The van der Waals surface area contributed by atoms with E-state index in [2.05, 4.69) is 29.5 Å². The van der Waals surface area contributed by atoms with E-state index in [1.807, 2.05) is 6.92 Å². The summed E-state index contributed by atoms with van der Waals surface area (Å²) in [6.07, 6.45) is 5.77. The highest BCUT2D eigenvalue weighted by atomic mass is 19.1. The Balaban J connectivity index is 2.33. The van der Waals surface area contributed by atoms with Gasteiger partial charge in [-0.3, -0.25) is 0 Å². The molecule has 1 aromatic heterocycles. The molecule has 0 aliphatic rings. The van der Waals surface area contributed by atoms with Gasteiger partial charge in [-0.15, -0.1) is 0 Å². The fraction of sp³-hybridized carbons (Fsp3) is 0.688. The molecule has 0 saturated carbocycles. The molecule has 0 aliphatic heterocycles. The van der Waals surface area contributed by atoms with Crippen molar-refractivity contribution in [3.05, 3.63) is 17.7 Å². The summed E-state index contributed by atoms with van der Waals surface area (Å²) >= 11 is 0. The van der Waals surface area contributed by atoms with Crippen LogP contribution in [-0.2, 0) is 0 Å². The molecule has 3 nitrogen and oxygen atoms in total. The number of nitrogens with one attached hydrogen (secondary N) is 2. The summed E-state index contributed by atoms with van der Waals surface area (Å²) in [6.45, 7) is 7.50. The number of unbranched alkanes of at least 4 members (excludes halogenated alkanes) is 3. The van der Waals surface area contributed by atoms with Gasteiger partial charge in [-0.25, -0.2) is 13.8 Å². The molecule has 0 bridgehead atoms. The van der Waals surface area contributed by atoms with Crippen LogP contribution in [0.25, 0.3) is 0 Å². The highest BCUT2D eigenvalue weighted by molar-refractivity contribution is 5.47. The van der Waals surface area contributed by atoms with Crippen LogP contribution in [0, 0.1) is 17.6 Å². The molecule has 5 heteroatoms. The first-order chi connectivity index (χ1) is 10.0. The summed E-state index contributed by atoms with van der Waals surface area (Å²) in [6, 6.07) is 0.871. The smallest absolute Gasteiger partial charge is 0.168 e. The Bertz CT molecular complexity index is 422. The zero-order valence-electron chi connectivity index (χ0n) is 13.3. The molecule has 120 valence electrons. The van der Waals surface area contributed by atoms with Gasteiger partial charge in [0.1, 0.15) is 0 Å². The van der Waals surface area contributed by atoms with E-state index in [-0.39, 0.29) is 11.6 Å². The molecule has 0 fully saturated rings. The molecule has 0 radical (unpaired) electrons. The van der Waals surface area contributed by atoms with Crippen molar-refractivity contribution in [3.63, 3.8) is 0 Å². The first-order valence-corrected chi connectivity index (χ1v) is 7.88. The largest absolute Gasteiger partial charge is 0.368 e. The molecule has 1 heterocycles. The van der Waals surface area contributed by atoms with E-state index in [4.69, 9.17) is 0 Å². The van der Waals surface area contributed by atoms with Crippen LogP contribution < -0.4 is 10.6 Å². The minimum Gasteiger partial charge on any atom is -0.368 e. The van der Waals surface area contributed by atoms with Gasteiger partial charge in [0.25, 0.3) is 0 Å². The molecule has 1 rings (SSSR count). The van der Waals surface area contributed by atoms with Gasteiger partial charge in [0.15, 0.2) is 23.3 Å². The molecular weight excluding hydrogens is 272 g/mol. The second kappa shape index (κ2) is 9.53. The molecule has 0 unspecified atom stereocenters. The van der Waals surface area contributed by atoms with Gasteiger partial charge >= 0.3 is 0 Å². The van der Waals surface area contributed by atoms with Gasteiger partial charge in [-0.05, 0) is 19.3 Å². The summed E-state index contributed by atoms with van der Waals surface area (Å²) in [5.74, 6) is -0.333. The lowest BCUT2D eigenvalue weighted by Crippen LogP contribution is -2.09. The number of rotatable bonds is 10. The van der Waals surface area contributed by atoms with Crippen LogP contribution in [-0.4, -0.2) is 18.1 Å². The highest BCUT2D eigenvalue weighted by Crippen LogP contribution is 2.19. The molecule has 0 saturated heterocycles. The molecule has 0 aliphatic carbocycles. The molecule has 0 atom stereocenters. The second-order valence-corrected chi connectivity index (χ2v) is 5.70. The van der Waals surface area contributed by atoms with Crippen molar-refractivity contribution in [1.29, 1.82) is 0 Å². The van der Waals surface area contributed by atoms with E-state index in [1.54, 1.807) is 0 Å². The molecule has 2 N–H and O–H groups in total. The minimum atomic E-state index is -0.659. The first kappa shape index (κ1) is 17.7. The van der Waals surface area contributed by atoms with Crippen LogP contribution in [0.2, 0.25) is 0 Å². The van der Waals surface area contributed by atoms with Gasteiger partial charge in [-0.2, -0.15) is 0 Å². The van der Waals surface area contributed by atoms with Gasteiger partial charge in [0.05, 0.1) is 0 Å². The van der Waals surface area contributed by atoms with E-state index in [0.717, 1.165) is 24.8 Å². The standard InChI is InChI=1S/C16H27F2N3/c1-4-19-15-13(17)11-14(18)16(21-15)20-10-8-6-5-7-9-12(2)3/h11-12H,4-10H2,1-3H3,(H2,19,20,21). The second-order valence-electron chi connectivity index (χ2n) is 5.70. The average molecular weight is 299 g/mol. The van der Waals surface area contributed by atoms with Gasteiger partial charge in [0.2, 0.25) is 0 Å². The van der Waals surface area contributed by atoms with E-state index < -0.39 is 11.6 Å². The fourth-order valence-electron chi connectivity index (χ4n) is 2.12. The molecule has 0 aromatic carbocycles. The van der Waals surface area contributed by atoms with E-state index >= 15 is 0 Å². The monoisotopic (exact) mass is 299 g/mol. The quantitative estimate of drug-likeness (QED) is 0.609. The third kappa shape index (κ3) is 6.74. The Kier molecular flexibility index (Phi) is 8.01. The van der Waals surface area contributed by atoms with Gasteiger partial charge < -0.3 is 10.6 Å². The predicted molar refractivity (Wildman–Crippen MR) is 84.7 cm³/mol. The normalized spacial score (nSPS) is 11.0. The Morgan fingerprint density at radius 2 is 1.62 bits per heavy atom. The zero-order chi connectivity index (χ0) is 15.7. The summed E-state index contributed by atoms with van der Waals surface area (Å²) < 4.78 is 27.0. The number of pyridine rings is 1. The number of halogens is 2. The lowest BCUT2D eigenvalue weighted by molar-refractivity contribution is 0.522. The number of hydrogen-bond donors (Lipinski definition) is 2. The maximum atomic E-state index is 13.6. The molecule has 21 heavy (non-hydrogen) atoms. The molecule has 0 amide bonds. The maximum absolute atomic E-state index is 13.6. The van der Waals surface area contributed by atoms with Crippen molar-refractivity contribution in [2.75, 3.05) is 23.7 Å². The Labute approximate surface area is 126 Å². The van der Waals surface area contributed by atoms with Crippen molar-refractivity contribution in [3.8, 4) is 0 Å². The Hall–Kier alpha value is -1.39. The number of aromatic nitrogens is 1. The first-order valence-electron chi connectivity index (χ1n) is 7.88. The fourth-order valence-corrected chi connectivity index (χ4v) is 2.12. The SMILES string of the molecule is CCNc1nc(NCCCCCCC(C)C)c(F)cc1F. The summed E-state index contributed by atoms with van der Waals surface area (Å²) in [5, 5.41) is 5.73. The van der Waals surface area contributed by atoms with Crippen LogP contribution in [0.5, 0.6) is 0 Å². The third-order valence-electron chi connectivity index (χ3n) is 3.27. The molecule has 1 aromatic rings. The van der Waals surface area contributed by atoms with Crippen molar-refractivity contribution in [1.82, 2.24) is 4.98 Å². The van der Waals surface area contributed by atoms with E-state index in [9.17, 15) is 8.78 Å². The lowest BCUT2D eigenvalue weighted by atomic mass is 10.0. The van der Waals surface area contributed by atoms with Crippen LogP contribution >= 0.6 is 0 Å². The molecular formula is C16H27F2N3. The Morgan fingerprint density at radius 1 is 1.00 bits per heavy atom. The predicted octanol–water partition coefficient (Wildman–Crippen LogP) is 4.81. The summed E-state index contributed by atoms with van der Waals surface area (Å²) in [7, 11) is 0. The zero-order valence-corrected chi connectivity index (χ0v) is 13.3.